The lowest BCUT2D eigenvalue weighted by atomic mass is 10.3. The van der Waals surface area contributed by atoms with E-state index < -0.39 is 6.09 Å². The van der Waals surface area contributed by atoms with Gasteiger partial charge in [0.05, 0.1) is 13.2 Å². The number of pyridine rings is 1. The van der Waals surface area contributed by atoms with Gasteiger partial charge < -0.3 is 15.2 Å². The van der Waals surface area contributed by atoms with Crippen LogP contribution in [-0.4, -0.2) is 27.9 Å². The lowest BCUT2D eigenvalue weighted by molar-refractivity contribution is 0.158. The first-order valence-electron chi connectivity index (χ1n) is 4.96. The maximum atomic E-state index is 11.0. The molecule has 92 valence electrons. The molecule has 0 radical (unpaired) electrons. The maximum Gasteiger partial charge on any atom is 0.413 e. The average molecular weight is 255 g/mol. The highest BCUT2D eigenvalue weighted by Gasteiger charge is 2.04. The van der Waals surface area contributed by atoms with Crippen molar-refractivity contribution in [1.82, 2.24) is 10.3 Å². The van der Waals surface area contributed by atoms with Crippen LogP contribution in [0.2, 0.25) is 0 Å². The van der Waals surface area contributed by atoms with E-state index in [0.29, 0.717) is 11.4 Å². The Morgan fingerprint density at radius 1 is 1.59 bits per heavy atom. The van der Waals surface area contributed by atoms with Crippen molar-refractivity contribution in [1.29, 1.82) is 0 Å². The number of hydrogen-bond acceptors (Lipinski definition) is 5. The second kappa shape index (κ2) is 6.77. The fourth-order valence-electron chi connectivity index (χ4n) is 0.999. The van der Waals surface area contributed by atoms with Crippen molar-refractivity contribution in [2.75, 3.05) is 11.9 Å². The molecule has 0 fully saturated rings. The summed E-state index contributed by atoms with van der Waals surface area (Å²) in [5.74, 6) is 0.476. The van der Waals surface area contributed by atoms with Crippen molar-refractivity contribution in [3.63, 3.8) is 0 Å². The van der Waals surface area contributed by atoms with Crippen LogP contribution in [0.15, 0.2) is 18.3 Å². The SMILES string of the molecule is CCOC(=O)NC(=S)Nc1ccc(CO)cn1. The molecule has 1 aromatic rings. The predicted molar refractivity (Wildman–Crippen MR) is 66.5 cm³/mol. The van der Waals surface area contributed by atoms with Crippen LogP contribution in [0.4, 0.5) is 10.6 Å². The molecule has 0 aliphatic heterocycles. The molecular formula is C10H13N3O3S. The molecule has 0 saturated heterocycles. The Bertz CT molecular complexity index is 394. The molecule has 1 aromatic heterocycles. The van der Waals surface area contributed by atoms with Gasteiger partial charge in [0, 0.05) is 6.20 Å². The van der Waals surface area contributed by atoms with E-state index in [2.05, 4.69) is 20.4 Å². The Morgan fingerprint density at radius 2 is 2.35 bits per heavy atom. The number of carbonyl (C=O) groups is 1. The zero-order valence-corrected chi connectivity index (χ0v) is 10.1. The Kier molecular flexibility index (Phi) is 5.31. The summed E-state index contributed by atoms with van der Waals surface area (Å²) < 4.78 is 4.66. The molecule has 0 unspecified atom stereocenters. The van der Waals surface area contributed by atoms with Gasteiger partial charge in [-0.25, -0.2) is 9.78 Å². The first kappa shape index (κ1) is 13.3. The average Bonchev–Trinajstić information content (AvgIpc) is 2.30. The summed E-state index contributed by atoms with van der Waals surface area (Å²) in [5.41, 5.74) is 0.694. The Morgan fingerprint density at radius 3 is 2.88 bits per heavy atom. The number of carbonyl (C=O) groups excluding carboxylic acids is 1. The smallest absolute Gasteiger partial charge is 0.413 e. The minimum absolute atomic E-state index is 0.0706. The molecule has 0 aliphatic carbocycles. The van der Waals surface area contributed by atoms with Crippen molar-refractivity contribution in [3.8, 4) is 0 Å². The van der Waals surface area contributed by atoms with Gasteiger partial charge in [0.25, 0.3) is 0 Å². The Labute approximate surface area is 104 Å². The minimum Gasteiger partial charge on any atom is -0.450 e. The summed E-state index contributed by atoms with van der Waals surface area (Å²) >= 11 is 4.88. The van der Waals surface area contributed by atoms with Gasteiger partial charge in [-0.3, -0.25) is 5.32 Å². The molecule has 0 atom stereocenters. The van der Waals surface area contributed by atoms with E-state index >= 15 is 0 Å². The molecule has 17 heavy (non-hydrogen) atoms. The summed E-state index contributed by atoms with van der Waals surface area (Å²) in [7, 11) is 0. The largest absolute Gasteiger partial charge is 0.450 e. The molecule has 0 aromatic carbocycles. The molecule has 0 aliphatic rings. The van der Waals surface area contributed by atoms with Gasteiger partial charge in [0.15, 0.2) is 5.11 Å². The van der Waals surface area contributed by atoms with E-state index in [-0.39, 0.29) is 18.3 Å². The molecule has 1 amide bonds. The number of hydrogen-bond donors (Lipinski definition) is 3. The molecule has 3 N–H and O–H groups in total. The number of ether oxygens (including phenoxy) is 1. The third kappa shape index (κ3) is 4.75. The normalized spacial score (nSPS) is 9.53. The lowest BCUT2D eigenvalue weighted by Gasteiger charge is -2.08. The summed E-state index contributed by atoms with van der Waals surface area (Å²) in [4.78, 5) is 15.0. The maximum absolute atomic E-state index is 11.0. The van der Waals surface area contributed by atoms with E-state index in [0.717, 1.165) is 0 Å². The number of alkyl carbamates (subject to hydrolysis) is 1. The predicted octanol–water partition coefficient (Wildman–Crippen LogP) is 1.02. The number of anilines is 1. The molecule has 1 heterocycles. The fourth-order valence-corrected chi connectivity index (χ4v) is 1.19. The zero-order chi connectivity index (χ0) is 12.7. The van der Waals surface area contributed by atoms with Crippen molar-refractivity contribution in [2.45, 2.75) is 13.5 Å². The van der Waals surface area contributed by atoms with Gasteiger partial charge in [0.2, 0.25) is 0 Å². The highest BCUT2D eigenvalue weighted by Crippen LogP contribution is 2.04. The number of aliphatic hydroxyl groups excluding tert-OH is 1. The lowest BCUT2D eigenvalue weighted by Crippen LogP contribution is -2.34. The van der Waals surface area contributed by atoms with Crippen molar-refractivity contribution >= 4 is 29.2 Å². The van der Waals surface area contributed by atoms with E-state index in [1.54, 1.807) is 19.1 Å². The molecule has 7 heteroatoms. The van der Waals surface area contributed by atoms with Crippen LogP contribution in [-0.2, 0) is 11.3 Å². The Hall–Kier alpha value is -1.73. The highest BCUT2D eigenvalue weighted by atomic mass is 32.1. The zero-order valence-electron chi connectivity index (χ0n) is 9.27. The number of aliphatic hydroxyl groups is 1. The van der Waals surface area contributed by atoms with Crippen molar-refractivity contribution in [2.24, 2.45) is 0 Å². The van der Waals surface area contributed by atoms with Crippen LogP contribution in [0.3, 0.4) is 0 Å². The van der Waals surface area contributed by atoms with Crippen LogP contribution < -0.4 is 10.6 Å². The third-order valence-corrected chi connectivity index (χ3v) is 1.94. The summed E-state index contributed by atoms with van der Waals surface area (Å²) in [5, 5.41) is 14.0. The second-order valence-electron chi connectivity index (χ2n) is 3.01. The summed E-state index contributed by atoms with van der Waals surface area (Å²) in [6.45, 7) is 1.90. The van der Waals surface area contributed by atoms with Gasteiger partial charge in [-0.1, -0.05) is 6.07 Å². The van der Waals surface area contributed by atoms with Crippen molar-refractivity contribution < 1.29 is 14.6 Å². The van der Waals surface area contributed by atoms with Gasteiger partial charge in [-0.2, -0.15) is 0 Å². The number of nitrogens with one attached hydrogen (secondary N) is 2. The van der Waals surface area contributed by atoms with Crippen LogP contribution in [0.1, 0.15) is 12.5 Å². The first-order valence-corrected chi connectivity index (χ1v) is 5.37. The topological polar surface area (TPSA) is 83.5 Å². The van der Waals surface area contributed by atoms with Gasteiger partial charge >= 0.3 is 6.09 Å². The Balaban J connectivity index is 2.47. The van der Waals surface area contributed by atoms with Crippen LogP contribution in [0, 0.1) is 0 Å². The van der Waals surface area contributed by atoms with Gasteiger partial charge in [0.1, 0.15) is 5.82 Å². The van der Waals surface area contributed by atoms with Crippen LogP contribution in [0.5, 0.6) is 0 Å². The standard InChI is InChI=1S/C10H13N3O3S/c1-2-16-10(15)13-9(17)12-8-4-3-7(6-14)5-11-8/h3-5,14H,2,6H2,1H3,(H2,11,12,13,15,17). The number of nitrogens with zero attached hydrogens (tertiary/aromatic N) is 1. The molecular weight excluding hydrogens is 242 g/mol. The minimum atomic E-state index is -0.614. The second-order valence-corrected chi connectivity index (χ2v) is 3.42. The molecule has 6 nitrogen and oxygen atoms in total. The van der Waals surface area contributed by atoms with E-state index in [4.69, 9.17) is 17.3 Å². The fraction of sp³-hybridized carbons (Fsp3) is 0.300. The number of aromatic nitrogens is 1. The summed E-state index contributed by atoms with van der Waals surface area (Å²) in [6.07, 6.45) is 0.895. The first-order chi connectivity index (χ1) is 8.15. The molecule has 0 bridgehead atoms. The van der Waals surface area contributed by atoms with E-state index in [1.807, 2.05) is 0 Å². The van der Waals surface area contributed by atoms with Crippen LogP contribution >= 0.6 is 12.2 Å². The number of rotatable bonds is 3. The van der Waals surface area contributed by atoms with E-state index in [1.165, 1.54) is 6.20 Å². The number of amides is 1. The number of thiocarbonyl (C=S) groups is 1. The van der Waals surface area contributed by atoms with Crippen molar-refractivity contribution in [3.05, 3.63) is 23.9 Å². The van der Waals surface area contributed by atoms with Gasteiger partial charge in [-0.05, 0) is 30.8 Å². The highest BCUT2D eigenvalue weighted by molar-refractivity contribution is 7.80. The quantitative estimate of drug-likeness (QED) is 0.699. The van der Waals surface area contributed by atoms with Crippen LogP contribution in [0.25, 0.3) is 0 Å². The molecule has 1 rings (SSSR count). The summed E-state index contributed by atoms with van der Waals surface area (Å²) in [6, 6.07) is 3.34. The van der Waals surface area contributed by atoms with Gasteiger partial charge in [-0.15, -0.1) is 0 Å². The molecule has 0 saturated carbocycles. The van der Waals surface area contributed by atoms with E-state index in [9.17, 15) is 4.79 Å². The molecule has 0 spiro atoms. The monoisotopic (exact) mass is 255 g/mol. The third-order valence-electron chi connectivity index (χ3n) is 1.74.